The van der Waals surface area contributed by atoms with E-state index in [1.807, 2.05) is 31.2 Å². The third-order valence-corrected chi connectivity index (χ3v) is 4.64. The molecule has 0 atom stereocenters. The lowest BCUT2D eigenvalue weighted by Crippen LogP contribution is -2.09. The fourth-order valence-electron chi connectivity index (χ4n) is 3.22. The first kappa shape index (κ1) is 19.0. The van der Waals surface area contributed by atoms with Gasteiger partial charge in [0.15, 0.2) is 0 Å². The van der Waals surface area contributed by atoms with Crippen LogP contribution >= 0.6 is 0 Å². The number of nitrogens with zero attached hydrogens (tertiary/aromatic N) is 2. The first-order valence-corrected chi connectivity index (χ1v) is 9.44. The molecule has 2 aromatic rings. The van der Waals surface area contributed by atoms with E-state index in [0.717, 1.165) is 35.9 Å². The minimum absolute atomic E-state index is 0.640. The van der Waals surface area contributed by atoms with Crippen molar-refractivity contribution in [3.63, 3.8) is 0 Å². The van der Waals surface area contributed by atoms with Crippen LogP contribution in [0.5, 0.6) is 11.5 Å². The Balaban J connectivity index is 1.67. The third-order valence-electron chi connectivity index (χ3n) is 4.64. The van der Waals surface area contributed by atoms with E-state index in [4.69, 9.17) is 9.47 Å². The normalized spacial score (nSPS) is 13.7. The molecule has 0 fully saturated rings. The molecule has 3 rings (SSSR count). The summed E-state index contributed by atoms with van der Waals surface area (Å²) in [6.07, 6.45) is 8.50. The molecule has 0 spiro atoms. The second-order valence-corrected chi connectivity index (χ2v) is 6.69. The number of aryl methyl sites for hydroxylation is 1. The Bertz CT molecular complexity index is 805. The summed E-state index contributed by atoms with van der Waals surface area (Å²) < 4.78 is 10.7. The van der Waals surface area contributed by atoms with Crippen LogP contribution < -0.4 is 20.1 Å². The van der Waals surface area contributed by atoms with Gasteiger partial charge >= 0.3 is 0 Å². The maximum absolute atomic E-state index is 5.44. The molecule has 27 heavy (non-hydrogen) atoms. The summed E-state index contributed by atoms with van der Waals surface area (Å²) in [5.74, 6) is 2.81. The van der Waals surface area contributed by atoms with Gasteiger partial charge in [0, 0.05) is 24.4 Å². The zero-order chi connectivity index (χ0) is 19.1. The molecule has 1 aliphatic rings. The van der Waals surface area contributed by atoms with Crippen LogP contribution in [0.4, 0.5) is 17.5 Å². The lowest BCUT2D eigenvalue weighted by atomic mass is 9.97. The highest BCUT2D eigenvalue weighted by atomic mass is 16.5. The van der Waals surface area contributed by atoms with Gasteiger partial charge in [0.05, 0.1) is 19.9 Å². The first-order chi connectivity index (χ1) is 13.2. The fourth-order valence-corrected chi connectivity index (χ4v) is 3.22. The minimum Gasteiger partial charge on any atom is -0.497 e. The van der Waals surface area contributed by atoms with Crippen molar-refractivity contribution in [2.75, 3.05) is 31.4 Å². The van der Waals surface area contributed by atoms with Gasteiger partial charge in [-0.15, -0.1) is 0 Å². The Morgan fingerprint density at radius 1 is 1.07 bits per heavy atom. The van der Waals surface area contributed by atoms with Crippen LogP contribution in [-0.4, -0.2) is 30.7 Å². The molecule has 1 heterocycles. The van der Waals surface area contributed by atoms with E-state index in [-0.39, 0.29) is 0 Å². The molecule has 0 unspecified atom stereocenters. The molecule has 0 bridgehead atoms. The Morgan fingerprint density at radius 2 is 1.96 bits per heavy atom. The third kappa shape index (κ3) is 5.36. The number of ether oxygens (including phenoxy) is 2. The summed E-state index contributed by atoms with van der Waals surface area (Å²) in [6, 6.07) is 7.56. The van der Waals surface area contributed by atoms with Crippen LogP contribution in [0.2, 0.25) is 0 Å². The Kier molecular flexibility index (Phi) is 6.52. The summed E-state index contributed by atoms with van der Waals surface area (Å²) in [5.41, 5.74) is 3.27. The summed E-state index contributed by atoms with van der Waals surface area (Å²) in [4.78, 5) is 9.09. The maximum Gasteiger partial charge on any atom is 0.224 e. The molecule has 6 heteroatoms. The molecule has 0 radical (unpaired) electrons. The van der Waals surface area contributed by atoms with Gasteiger partial charge in [0.2, 0.25) is 5.95 Å². The number of hydrogen-bond donors (Lipinski definition) is 2. The number of benzene rings is 1. The summed E-state index contributed by atoms with van der Waals surface area (Å²) in [5, 5.41) is 6.66. The average Bonchev–Trinajstić information content (AvgIpc) is 2.69. The Morgan fingerprint density at radius 3 is 2.70 bits per heavy atom. The van der Waals surface area contributed by atoms with Crippen molar-refractivity contribution >= 4 is 17.5 Å². The van der Waals surface area contributed by atoms with Crippen LogP contribution in [-0.2, 0) is 0 Å². The van der Waals surface area contributed by atoms with Crippen molar-refractivity contribution in [1.29, 1.82) is 0 Å². The van der Waals surface area contributed by atoms with Crippen molar-refractivity contribution in [2.45, 2.75) is 39.0 Å². The number of allylic oxidation sites excluding steroid dienone is 1. The van der Waals surface area contributed by atoms with Gasteiger partial charge < -0.3 is 20.1 Å². The molecule has 0 saturated carbocycles. The highest BCUT2D eigenvalue weighted by Gasteiger charge is 2.09. The Hall–Kier alpha value is -2.76. The minimum atomic E-state index is 0.640. The Labute approximate surface area is 161 Å². The van der Waals surface area contributed by atoms with Crippen molar-refractivity contribution < 1.29 is 9.47 Å². The van der Waals surface area contributed by atoms with Crippen LogP contribution in [0.3, 0.4) is 0 Å². The second kappa shape index (κ2) is 9.26. The SMILES string of the molecule is COc1ccc(Nc2cc(C)nc(NCCC3=CCCCC3)n2)c(OC)c1. The summed E-state index contributed by atoms with van der Waals surface area (Å²) in [6.45, 7) is 2.81. The molecule has 2 N–H and O–H groups in total. The van der Waals surface area contributed by atoms with Crippen LogP contribution in [0.25, 0.3) is 0 Å². The van der Waals surface area contributed by atoms with E-state index < -0.39 is 0 Å². The number of rotatable bonds is 8. The predicted octanol–water partition coefficient (Wildman–Crippen LogP) is 4.85. The van der Waals surface area contributed by atoms with Crippen molar-refractivity contribution in [2.24, 2.45) is 0 Å². The van der Waals surface area contributed by atoms with Gasteiger partial charge in [0.1, 0.15) is 17.3 Å². The van der Waals surface area contributed by atoms with Crippen LogP contribution in [0.1, 0.15) is 37.8 Å². The van der Waals surface area contributed by atoms with Crippen LogP contribution in [0.15, 0.2) is 35.9 Å². The molecule has 0 aliphatic heterocycles. The lowest BCUT2D eigenvalue weighted by Gasteiger charge is -2.14. The zero-order valence-electron chi connectivity index (χ0n) is 16.3. The molecule has 1 aromatic carbocycles. The van der Waals surface area contributed by atoms with E-state index in [0.29, 0.717) is 11.7 Å². The van der Waals surface area contributed by atoms with E-state index >= 15 is 0 Å². The number of nitrogens with one attached hydrogen (secondary N) is 2. The molecule has 0 amide bonds. The second-order valence-electron chi connectivity index (χ2n) is 6.69. The van der Waals surface area contributed by atoms with E-state index in [2.05, 4.69) is 26.7 Å². The smallest absolute Gasteiger partial charge is 0.224 e. The molecule has 1 aliphatic carbocycles. The van der Waals surface area contributed by atoms with Crippen LogP contribution in [0, 0.1) is 6.92 Å². The average molecular weight is 368 g/mol. The number of methoxy groups -OCH3 is 2. The van der Waals surface area contributed by atoms with Gasteiger partial charge in [0.25, 0.3) is 0 Å². The largest absolute Gasteiger partial charge is 0.497 e. The van der Waals surface area contributed by atoms with E-state index in [1.165, 1.54) is 25.7 Å². The van der Waals surface area contributed by atoms with Gasteiger partial charge in [-0.2, -0.15) is 4.98 Å². The highest BCUT2D eigenvalue weighted by molar-refractivity contribution is 5.66. The molecule has 1 aromatic heterocycles. The lowest BCUT2D eigenvalue weighted by molar-refractivity contribution is 0.395. The van der Waals surface area contributed by atoms with E-state index in [1.54, 1.807) is 19.8 Å². The van der Waals surface area contributed by atoms with Crippen molar-refractivity contribution in [3.05, 3.63) is 41.6 Å². The van der Waals surface area contributed by atoms with Crippen molar-refractivity contribution in [1.82, 2.24) is 9.97 Å². The van der Waals surface area contributed by atoms with Gasteiger partial charge in [-0.3, -0.25) is 0 Å². The van der Waals surface area contributed by atoms with Crippen molar-refractivity contribution in [3.8, 4) is 11.5 Å². The number of anilines is 3. The predicted molar refractivity (Wildman–Crippen MR) is 109 cm³/mol. The van der Waals surface area contributed by atoms with E-state index in [9.17, 15) is 0 Å². The quantitative estimate of drug-likeness (QED) is 0.649. The molecular formula is C21H28N4O2. The summed E-state index contributed by atoms with van der Waals surface area (Å²) in [7, 11) is 3.27. The number of hydrogen-bond acceptors (Lipinski definition) is 6. The fraction of sp³-hybridized carbons (Fsp3) is 0.429. The number of aromatic nitrogens is 2. The monoisotopic (exact) mass is 368 g/mol. The molecule has 0 saturated heterocycles. The van der Waals surface area contributed by atoms with Gasteiger partial charge in [-0.25, -0.2) is 4.98 Å². The van der Waals surface area contributed by atoms with Gasteiger partial charge in [-0.05, 0) is 51.2 Å². The first-order valence-electron chi connectivity index (χ1n) is 9.44. The molecule has 6 nitrogen and oxygen atoms in total. The summed E-state index contributed by atoms with van der Waals surface area (Å²) >= 11 is 0. The molecular weight excluding hydrogens is 340 g/mol. The van der Waals surface area contributed by atoms with Gasteiger partial charge in [-0.1, -0.05) is 11.6 Å². The maximum atomic E-state index is 5.44. The highest BCUT2D eigenvalue weighted by Crippen LogP contribution is 2.31. The topological polar surface area (TPSA) is 68.3 Å². The zero-order valence-corrected chi connectivity index (χ0v) is 16.3. The molecule has 144 valence electrons. The standard InChI is InChI=1S/C21H28N4O2/c1-15-13-20(24-18-10-9-17(26-2)14-19(18)27-3)25-21(23-15)22-12-11-16-7-5-4-6-8-16/h7,9-10,13-14H,4-6,8,11-12H2,1-3H3,(H2,22,23,24,25).